The molecule has 0 radical (unpaired) electrons. The Morgan fingerprint density at radius 1 is 0.929 bits per heavy atom. The maximum Gasteiger partial charge on any atom is 0.492 e. The average Bonchev–Trinajstić information content (AvgIpc) is 2.08. The predicted molar refractivity (Wildman–Crippen MR) is 56.6 cm³/mol. The van der Waals surface area contributed by atoms with Gasteiger partial charge < -0.3 is 30.8 Å². The molecule has 7 N–H and O–H groups in total. The molecule has 0 aromatic heterocycles. The van der Waals surface area contributed by atoms with Crippen molar-refractivity contribution in [2.45, 2.75) is 12.5 Å². The van der Waals surface area contributed by atoms with Crippen molar-refractivity contribution in [2.24, 2.45) is 5.73 Å². The second-order valence-corrected chi connectivity index (χ2v) is 5.22. The van der Waals surface area contributed by atoms with Crippen molar-refractivity contribution < 1.29 is 14.4 Å². The van der Waals surface area contributed by atoms with Crippen molar-refractivity contribution in [2.75, 3.05) is 32.7 Å². The van der Waals surface area contributed by atoms with Gasteiger partial charge in [0.25, 0.3) is 0 Å². The van der Waals surface area contributed by atoms with Crippen LogP contribution in [0, 0.1) is 0 Å². The summed E-state index contributed by atoms with van der Waals surface area (Å²) in [6.07, 6.45) is 0.576. The predicted octanol–water partition coefficient (Wildman–Crippen LogP) is -2.57. The van der Waals surface area contributed by atoms with E-state index in [1.807, 2.05) is 0 Å². The van der Waals surface area contributed by atoms with E-state index in [-0.39, 0.29) is 6.04 Å². The minimum atomic E-state index is -3.81. The Balaban J connectivity index is 2.99. The number of nitrogens with two attached hydrogens (primary N) is 1. The summed E-state index contributed by atoms with van der Waals surface area (Å²) in [5, 5.41) is 6.22. The zero-order chi connectivity index (χ0) is 10.9. The molecule has 0 atom stereocenters. The molecule has 14 heavy (non-hydrogen) atoms. The van der Waals surface area contributed by atoms with Crippen LogP contribution in [0.5, 0.6) is 0 Å². The number of hydrogen-bond donors (Lipinski definition) is 6. The Morgan fingerprint density at radius 3 is 2.00 bits per heavy atom. The summed E-state index contributed by atoms with van der Waals surface area (Å²) in [6, 6.07) is 0.0935. The Kier molecular flexibility index (Phi) is 8.29. The molecule has 0 aromatic rings. The van der Waals surface area contributed by atoms with Crippen molar-refractivity contribution in [3.05, 3.63) is 0 Å². The molecular weight excluding hydrogens is 202 g/mol. The Morgan fingerprint density at radius 2 is 1.50 bits per heavy atom. The smallest absolute Gasteiger partial charge is 0.390 e. The average molecular weight is 223 g/mol. The number of rotatable bonds is 9. The first-order valence-corrected chi connectivity index (χ1v) is 6.90. The van der Waals surface area contributed by atoms with E-state index in [0.717, 1.165) is 19.6 Å². The first kappa shape index (κ1) is 14.0. The number of hydrogen-bond acceptors (Lipinski definition) is 6. The van der Waals surface area contributed by atoms with Crippen LogP contribution in [0.1, 0.15) is 6.42 Å². The van der Waals surface area contributed by atoms with Gasteiger partial charge in [0.05, 0.1) is 0 Å². The highest BCUT2D eigenvalue weighted by molar-refractivity contribution is 6.56. The molecular formula is C7H21N3O3Si. The fraction of sp³-hybridized carbons (Fsp3) is 1.00. The monoisotopic (exact) mass is 223 g/mol. The van der Waals surface area contributed by atoms with E-state index < -0.39 is 8.80 Å². The van der Waals surface area contributed by atoms with E-state index in [0.29, 0.717) is 19.5 Å². The van der Waals surface area contributed by atoms with Crippen molar-refractivity contribution in [3.63, 3.8) is 0 Å². The summed E-state index contributed by atoms with van der Waals surface area (Å²) < 4.78 is 0. The fourth-order valence-corrected chi connectivity index (χ4v) is 1.63. The van der Waals surface area contributed by atoms with Crippen LogP contribution < -0.4 is 16.4 Å². The molecule has 0 bridgehead atoms. The zero-order valence-corrected chi connectivity index (χ0v) is 9.37. The van der Waals surface area contributed by atoms with Gasteiger partial charge in [-0.1, -0.05) is 0 Å². The quantitative estimate of drug-likeness (QED) is 0.189. The molecule has 0 amide bonds. The summed E-state index contributed by atoms with van der Waals surface area (Å²) in [4.78, 5) is 26.1. The molecule has 0 saturated heterocycles. The lowest BCUT2D eigenvalue weighted by Gasteiger charge is -2.09. The van der Waals surface area contributed by atoms with Gasteiger partial charge in [-0.15, -0.1) is 0 Å². The van der Waals surface area contributed by atoms with Gasteiger partial charge in [0, 0.05) is 32.2 Å². The van der Waals surface area contributed by atoms with E-state index in [1.54, 1.807) is 0 Å². The van der Waals surface area contributed by atoms with Crippen LogP contribution in [-0.2, 0) is 0 Å². The third kappa shape index (κ3) is 12.0. The molecule has 7 heteroatoms. The first-order chi connectivity index (χ1) is 6.56. The van der Waals surface area contributed by atoms with Gasteiger partial charge in [0.1, 0.15) is 0 Å². The largest absolute Gasteiger partial charge is 0.492 e. The molecule has 0 heterocycles. The molecule has 6 nitrogen and oxygen atoms in total. The highest BCUT2D eigenvalue weighted by atomic mass is 28.4. The van der Waals surface area contributed by atoms with Crippen LogP contribution in [0.3, 0.4) is 0 Å². The molecule has 0 aliphatic rings. The van der Waals surface area contributed by atoms with Gasteiger partial charge in [-0.2, -0.15) is 0 Å². The van der Waals surface area contributed by atoms with Gasteiger partial charge in [0.15, 0.2) is 0 Å². The second-order valence-electron chi connectivity index (χ2n) is 3.17. The highest BCUT2D eigenvalue weighted by Gasteiger charge is 2.25. The third-order valence-electron chi connectivity index (χ3n) is 1.67. The SMILES string of the molecule is NCCNCCNCCC[Si](O)(O)O. The number of nitrogens with one attached hydrogen (secondary N) is 2. The van der Waals surface area contributed by atoms with Gasteiger partial charge in [-0.25, -0.2) is 0 Å². The van der Waals surface area contributed by atoms with Crippen LogP contribution in [0.25, 0.3) is 0 Å². The standard InChI is InChI=1S/C7H21N3O3Si/c8-2-4-10-6-5-9-3-1-7-14(11,12)13/h9-13H,1-8H2. The van der Waals surface area contributed by atoms with Gasteiger partial charge in [0.2, 0.25) is 0 Å². The summed E-state index contributed by atoms with van der Waals surface area (Å²) in [5.74, 6) is 0. The summed E-state index contributed by atoms with van der Waals surface area (Å²) in [7, 11) is -3.81. The molecule has 0 rings (SSSR count). The lowest BCUT2D eigenvalue weighted by atomic mass is 10.4. The van der Waals surface area contributed by atoms with Crippen molar-refractivity contribution in [1.29, 1.82) is 0 Å². The lowest BCUT2D eigenvalue weighted by Crippen LogP contribution is -2.36. The van der Waals surface area contributed by atoms with Crippen LogP contribution in [0.4, 0.5) is 0 Å². The molecule has 86 valence electrons. The molecule has 0 spiro atoms. The summed E-state index contributed by atoms with van der Waals surface area (Å²) >= 11 is 0. The minimum absolute atomic E-state index is 0.0935. The van der Waals surface area contributed by atoms with Gasteiger partial charge >= 0.3 is 8.80 Å². The molecule has 0 fully saturated rings. The van der Waals surface area contributed by atoms with Crippen LogP contribution in [0.2, 0.25) is 6.04 Å². The van der Waals surface area contributed by atoms with Crippen molar-refractivity contribution in [1.82, 2.24) is 10.6 Å². The van der Waals surface area contributed by atoms with E-state index in [4.69, 9.17) is 20.1 Å². The van der Waals surface area contributed by atoms with Crippen molar-refractivity contribution in [3.8, 4) is 0 Å². The topological polar surface area (TPSA) is 111 Å². The molecule has 0 unspecified atom stereocenters. The van der Waals surface area contributed by atoms with E-state index >= 15 is 0 Å². The Bertz CT molecular complexity index is 132. The van der Waals surface area contributed by atoms with Crippen LogP contribution in [0.15, 0.2) is 0 Å². The van der Waals surface area contributed by atoms with Gasteiger partial charge in [-0.3, -0.25) is 0 Å². The molecule has 0 saturated carbocycles. The summed E-state index contributed by atoms with van der Waals surface area (Å²) in [5.41, 5.74) is 5.28. The molecule has 0 aromatic carbocycles. The van der Waals surface area contributed by atoms with Gasteiger partial charge in [-0.05, 0) is 13.0 Å². The zero-order valence-electron chi connectivity index (χ0n) is 8.37. The van der Waals surface area contributed by atoms with E-state index in [9.17, 15) is 0 Å². The Labute approximate surface area is 85.5 Å². The van der Waals surface area contributed by atoms with Crippen LogP contribution >= 0.6 is 0 Å². The fourth-order valence-electron chi connectivity index (χ4n) is 0.979. The maximum atomic E-state index is 8.69. The first-order valence-electron chi connectivity index (χ1n) is 4.85. The van der Waals surface area contributed by atoms with E-state index in [1.165, 1.54) is 0 Å². The van der Waals surface area contributed by atoms with Crippen LogP contribution in [-0.4, -0.2) is 55.9 Å². The second kappa shape index (κ2) is 8.30. The highest BCUT2D eigenvalue weighted by Crippen LogP contribution is 1.98. The Hall–Kier alpha value is -0.0231. The lowest BCUT2D eigenvalue weighted by molar-refractivity contribution is 0.226. The van der Waals surface area contributed by atoms with Crippen molar-refractivity contribution >= 4 is 8.80 Å². The molecule has 0 aliphatic carbocycles. The minimum Gasteiger partial charge on any atom is -0.390 e. The van der Waals surface area contributed by atoms with E-state index in [2.05, 4.69) is 10.6 Å². The third-order valence-corrected chi connectivity index (χ3v) is 2.69. The maximum absolute atomic E-state index is 8.69. The normalized spacial score (nSPS) is 12.0. The molecule has 0 aliphatic heterocycles. The summed E-state index contributed by atoms with van der Waals surface area (Å²) in [6.45, 7) is 3.78.